The SMILES string of the molecule is CC(C)(C)OC(=O)N(N)c1cccc2c1[nH]c1c(C(N)=O)cc(Br)cc12. The van der Waals surface area contributed by atoms with Gasteiger partial charge in [-0.3, -0.25) is 4.79 Å². The number of para-hydroxylation sites is 1. The van der Waals surface area contributed by atoms with Crippen molar-refractivity contribution in [2.45, 2.75) is 26.4 Å². The topological polar surface area (TPSA) is 114 Å². The van der Waals surface area contributed by atoms with Crippen LogP contribution in [0, 0.1) is 0 Å². The van der Waals surface area contributed by atoms with Gasteiger partial charge in [-0.1, -0.05) is 28.1 Å². The summed E-state index contributed by atoms with van der Waals surface area (Å²) < 4.78 is 6.05. The molecule has 7 nitrogen and oxygen atoms in total. The molecule has 0 spiro atoms. The first-order chi connectivity index (χ1) is 12.1. The zero-order valence-corrected chi connectivity index (χ0v) is 16.2. The fraction of sp³-hybridized carbons (Fsp3) is 0.222. The Morgan fingerprint density at radius 2 is 1.85 bits per heavy atom. The Hall–Kier alpha value is -2.58. The first-order valence-electron chi connectivity index (χ1n) is 7.90. The second-order valence-electron chi connectivity index (χ2n) is 6.92. The lowest BCUT2D eigenvalue weighted by atomic mass is 10.1. The lowest BCUT2D eigenvalue weighted by Crippen LogP contribution is -2.41. The minimum atomic E-state index is -0.681. The quantitative estimate of drug-likeness (QED) is 0.333. The van der Waals surface area contributed by atoms with Crippen LogP contribution in [0.1, 0.15) is 31.1 Å². The number of nitrogens with zero attached hydrogens (tertiary/aromatic N) is 1. The highest BCUT2D eigenvalue weighted by Crippen LogP contribution is 2.35. The molecule has 1 heterocycles. The highest BCUT2D eigenvalue weighted by atomic mass is 79.9. The summed E-state index contributed by atoms with van der Waals surface area (Å²) in [6, 6.07) is 8.87. The summed E-state index contributed by atoms with van der Waals surface area (Å²) in [6.07, 6.45) is -0.681. The number of aromatic nitrogens is 1. The summed E-state index contributed by atoms with van der Waals surface area (Å²) in [5.41, 5.74) is 6.79. The van der Waals surface area contributed by atoms with Gasteiger partial charge in [0.15, 0.2) is 0 Å². The highest BCUT2D eigenvalue weighted by Gasteiger charge is 2.24. The third kappa shape index (κ3) is 3.25. The predicted octanol–water partition coefficient (Wildman–Crippen LogP) is 3.80. The predicted molar refractivity (Wildman–Crippen MR) is 105 cm³/mol. The molecule has 8 heteroatoms. The van der Waals surface area contributed by atoms with Crippen LogP contribution in [0.2, 0.25) is 0 Å². The summed E-state index contributed by atoms with van der Waals surface area (Å²) in [5, 5.41) is 2.55. The summed E-state index contributed by atoms with van der Waals surface area (Å²) in [5.74, 6) is 5.44. The van der Waals surface area contributed by atoms with Crippen LogP contribution < -0.4 is 16.6 Å². The molecule has 0 aliphatic rings. The molecule has 1 aromatic heterocycles. The number of fused-ring (bicyclic) bond motifs is 3. The first kappa shape index (κ1) is 18.2. The number of nitrogens with two attached hydrogens (primary N) is 2. The molecule has 2 aromatic carbocycles. The van der Waals surface area contributed by atoms with Gasteiger partial charge in [0, 0.05) is 15.2 Å². The number of hydrogen-bond donors (Lipinski definition) is 3. The van der Waals surface area contributed by atoms with Gasteiger partial charge in [-0.2, -0.15) is 0 Å². The number of carbonyl (C=O) groups is 2. The van der Waals surface area contributed by atoms with E-state index >= 15 is 0 Å². The van der Waals surface area contributed by atoms with Crippen molar-refractivity contribution in [2.75, 3.05) is 5.01 Å². The molecule has 0 fully saturated rings. The van der Waals surface area contributed by atoms with Gasteiger partial charge in [0.25, 0.3) is 5.91 Å². The van der Waals surface area contributed by atoms with E-state index < -0.39 is 17.6 Å². The van der Waals surface area contributed by atoms with Crippen LogP contribution in [0.15, 0.2) is 34.8 Å². The molecule has 3 rings (SSSR count). The molecular weight excluding hydrogens is 400 g/mol. The van der Waals surface area contributed by atoms with Crippen LogP contribution in [0.4, 0.5) is 10.5 Å². The zero-order chi connectivity index (χ0) is 19.2. The van der Waals surface area contributed by atoms with Gasteiger partial charge in [0.2, 0.25) is 0 Å². The van der Waals surface area contributed by atoms with Crippen LogP contribution >= 0.6 is 15.9 Å². The molecule has 0 radical (unpaired) electrons. The van der Waals surface area contributed by atoms with Crippen LogP contribution in [0.3, 0.4) is 0 Å². The molecule has 3 aromatic rings. The van der Waals surface area contributed by atoms with Crippen LogP contribution in [0.5, 0.6) is 0 Å². The molecule has 0 aliphatic carbocycles. The van der Waals surface area contributed by atoms with Gasteiger partial charge in [0.05, 0.1) is 22.3 Å². The summed E-state index contributed by atoms with van der Waals surface area (Å²) >= 11 is 3.39. The van der Waals surface area contributed by atoms with E-state index in [1.54, 1.807) is 39.0 Å². The standard InChI is InChI=1S/C18H19BrN4O3/c1-18(2,3)26-17(25)23(21)13-6-4-5-10-11-7-9(19)8-12(16(20)24)14(11)22-15(10)13/h4-8,22H,21H2,1-3H3,(H2,20,24). The Balaban J connectivity index is 2.21. The van der Waals surface area contributed by atoms with Crippen molar-refractivity contribution in [3.63, 3.8) is 0 Å². The largest absolute Gasteiger partial charge is 0.442 e. The van der Waals surface area contributed by atoms with Gasteiger partial charge in [-0.05, 0) is 39.0 Å². The number of H-pyrrole nitrogens is 1. The third-order valence-electron chi connectivity index (χ3n) is 3.80. The molecule has 0 aliphatic heterocycles. The lowest BCUT2D eigenvalue weighted by molar-refractivity contribution is 0.0580. The number of aromatic amines is 1. The van der Waals surface area contributed by atoms with Gasteiger partial charge in [-0.15, -0.1) is 0 Å². The van der Waals surface area contributed by atoms with Crippen molar-refractivity contribution in [3.05, 3.63) is 40.4 Å². The number of anilines is 1. The van der Waals surface area contributed by atoms with Crippen LogP contribution in [0.25, 0.3) is 21.8 Å². The second kappa shape index (κ2) is 6.30. The monoisotopic (exact) mass is 418 g/mol. The molecular formula is C18H19BrN4O3. The van der Waals surface area contributed by atoms with E-state index in [1.165, 1.54) is 0 Å². The number of halogens is 1. The number of carbonyl (C=O) groups excluding carboxylic acids is 2. The molecule has 0 unspecified atom stereocenters. The number of nitrogens with one attached hydrogen (secondary N) is 1. The Morgan fingerprint density at radius 3 is 2.46 bits per heavy atom. The maximum Gasteiger partial charge on any atom is 0.429 e. The van der Waals surface area contributed by atoms with Crippen LogP contribution in [-0.2, 0) is 4.74 Å². The number of primary amides is 1. The van der Waals surface area contributed by atoms with E-state index in [1.807, 2.05) is 12.1 Å². The third-order valence-corrected chi connectivity index (χ3v) is 4.26. The number of benzene rings is 2. The van der Waals surface area contributed by atoms with E-state index in [0.717, 1.165) is 20.3 Å². The number of amides is 2. The molecule has 0 saturated carbocycles. The number of rotatable bonds is 2. The average molecular weight is 419 g/mol. The normalized spacial score (nSPS) is 11.7. The number of ether oxygens (including phenoxy) is 1. The fourth-order valence-electron chi connectivity index (χ4n) is 2.78. The number of hydrogen-bond acceptors (Lipinski definition) is 4. The van der Waals surface area contributed by atoms with Crippen LogP contribution in [-0.4, -0.2) is 22.6 Å². The summed E-state index contributed by atoms with van der Waals surface area (Å²) in [6.45, 7) is 5.29. The molecule has 5 N–H and O–H groups in total. The van der Waals surface area contributed by atoms with Crippen molar-refractivity contribution in [2.24, 2.45) is 11.6 Å². The van der Waals surface area contributed by atoms with Gasteiger partial charge in [0.1, 0.15) is 5.60 Å². The lowest BCUT2D eigenvalue weighted by Gasteiger charge is -2.24. The Labute approximate surface area is 158 Å². The Morgan fingerprint density at radius 1 is 1.15 bits per heavy atom. The number of hydrazine groups is 1. The second-order valence-corrected chi connectivity index (χ2v) is 7.83. The van der Waals surface area contributed by atoms with Gasteiger partial charge < -0.3 is 15.5 Å². The van der Waals surface area contributed by atoms with Gasteiger partial charge >= 0.3 is 6.09 Å². The van der Waals surface area contributed by atoms with E-state index in [0.29, 0.717) is 22.3 Å². The van der Waals surface area contributed by atoms with E-state index in [-0.39, 0.29) is 0 Å². The minimum Gasteiger partial charge on any atom is -0.442 e. The smallest absolute Gasteiger partial charge is 0.429 e. The van der Waals surface area contributed by atoms with Crippen molar-refractivity contribution < 1.29 is 14.3 Å². The van der Waals surface area contributed by atoms with E-state index in [2.05, 4.69) is 20.9 Å². The van der Waals surface area contributed by atoms with Crippen molar-refractivity contribution in [3.8, 4) is 0 Å². The molecule has 0 atom stereocenters. The zero-order valence-electron chi connectivity index (χ0n) is 14.6. The maximum atomic E-state index is 12.3. The highest BCUT2D eigenvalue weighted by molar-refractivity contribution is 9.10. The molecule has 0 saturated heterocycles. The van der Waals surface area contributed by atoms with Crippen molar-refractivity contribution in [1.29, 1.82) is 0 Å². The maximum absolute atomic E-state index is 12.3. The first-order valence-corrected chi connectivity index (χ1v) is 8.69. The van der Waals surface area contributed by atoms with E-state index in [9.17, 15) is 9.59 Å². The van der Waals surface area contributed by atoms with Gasteiger partial charge in [-0.25, -0.2) is 15.6 Å². The Kier molecular flexibility index (Phi) is 4.41. The van der Waals surface area contributed by atoms with Crippen molar-refractivity contribution in [1.82, 2.24) is 4.98 Å². The molecule has 26 heavy (non-hydrogen) atoms. The summed E-state index contributed by atoms with van der Waals surface area (Å²) in [4.78, 5) is 27.3. The molecule has 2 amide bonds. The summed E-state index contributed by atoms with van der Waals surface area (Å²) in [7, 11) is 0. The minimum absolute atomic E-state index is 0.345. The molecule has 136 valence electrons. The Bertz CT molecular complexity index is 1040. The molecule has 0 bridgehead atoms. The fourth-order valence-corrected chi connectivity index (χ4v) is 3.24. The van der Waals surface area contributed by atoms with E-state index in [4.69, 9.17) is 16.3 Å². The average Bonchev–Trinajstić information content (AvgIpc) is 2.90. The van der Waals surface area contributed by atoms with Crippen molar-refractivity contribution >= 4 is 55.4 Å².